The van der Waals surface area contributed by atoms with Gasteiger partial charge in [-0.05, 0) is 18.6 Å². The third-order valence-electron chi connectivity index (χ3n) is 2.79. The van der Waals surface area contributed by atoms with Crippen LogP contribution in [0.4, 0.5) is 5.69 Å². The fraction of sp³-hybridized carbons (Fsp3) is 0.462. The predicted octanol–water partition coefficient (Wildman–Crippen LogP) is 3.33. The molecule has 0 atom stereocenters. The molecule has 0 radical (unpaired) electrons. The van der Waals surface area contributed by atoms with Gasteiger partial charge in [0, 0.05) is 18.3 Å². The predicted molar refractivity (Wildman–Crippen MR) is 71.0 cm³/mol. The fourth-order valence-corrected chi connectivity index (χ4v) is 2.72. The molecule has 0 fully saturated rings. The summed E-state index contributed by atoms with van der Waals surface area (Å²) in [6, 6.07) is 6.60. The third-order valence-corrected chi connectivity index (χ3v) is 3.79. The number of nitrogens with zero attached hydrogens (tertiary/aromatic N) is 1. The zero-order chi connectivity index (χ0) is 11.4. The minimum atomic E-state index is 1.08. The minimum Gasteiger partial charge on any atom is -0.385 e. The highest BCUT2D eigenvalue weighted by Gasteiger charge is 2.07. The van der Waals surface area contributed by atoms with Gasteiger partial charge in [-0.15, -0.1) is 0 Å². The van der Waals surface area contributed by atoms with Crippen molar-refractivity contribution in [3.63, 3.8) is 0 Å². The summed E-state index contributed by atoms with van der Waals surface area (Å²) in [5, 5.41) is 3.48. The highest BCUT2D eigenvalue weighted by molar-refractivity contribution is 7.16. The van der Waals surface area contributed by atoms with Gasteiger partial charge >= 0.3 is 0 Å². The fourth-order valence-electron chi connectivity index (χ4n) is 1.81. The first-order chi connectivity index (χ1) is 7.81. The number of thiazole rings is 1. The van der Waals surface area contributed by atoms with Crippen LogP contribution in [0.15, 0.2) is 23.7 Å². The molecule has 0 aliphatic rings. The van der Waals surface area contributed by atoms with E-state index >= 15 is 0 Å². The summed E-state index contributed by atoms with van der Waals surface area (Å²) >= 11 is 1.79. The molecule has 3 heteroatoms. The van der Waals surface area contributed by atoms with Gasteiger partial charge in [-0.2, -0.15) is 4.57 Å². The lowest BCUT2D eigenvalue weighted by atomic mass is 10.2. The first-order valence-electron chi connectivity index (χ1n) is 5.92. The molecule has 0 aliphatic heterocycles. The second kappa shape index (κ2) is 5.30. The van der Waals surface area contributed by atoms with Crippen molar-refractivity contribution in [2.45, 2.75) is 26.2 Å². The van der Waals surface area contributed by atoms with Crippen molar-refractivity contribution < 1.29 is 4.57 Å². The number of hydrogen-bond acceptors (Lipinski definition) is 2. The molecule has 16 heavy (non-hydrogen) atoms. The number of aryl methyl sites for hydroxylation is 1. The van der Waals surface area contributed by atoms with Crippen LogP contribution in [0.3, 0.4) is 0 Å². The lowest BCUT2D eigenvalue weighted by Crippen LogP contribution is -2.24. The molecule has 2 aromatic rings. The minimum absolute atomic E-state index is 1.08. The van der Waals surface area contributed by atoms with Gasteiger partial charge < -0.3 is 5.32 Å². The van der Waals surface area contributed by atoms with Gasteiger partial charge in [0.1, 0.15) is 11.7 Å². The van der Waals surface area contributed by atoms with E-state index in [0.717, 1.165) is 6.54 Å². The number of hydrogen-bond donors (Lipinski definition) is 1. The molecular formula is C13H19N2S+. The molecule has 0 saturated heterocycles. The quantitative estimate of drug-likeness (QED) is 0.621. The molecule has 2 nitrogen and oxygen atoms in total. The van der Waals surface area contributed by atoms with Gasteiger partial charge in [0.2, 0.25) is 11.0 Å². The molecule has 0 aliphatic carbocycles. The Hall–Kier alpha value is -1.09. The Morgan fingerprint density at radius 1 is 1.31 bits per heavy atom. The molecule has 0 bridgehead atoms. The van der Waals surface area contributed by atoms with E-state index in [0.29, 0.717) is 0 Å². The summed E-state index contributed by atoms with van der Waals surface area (Å²) in [6.45, 7) is 3.31. The topological polar surface area (TPSA) is 15.9 Å². The van der Waals surface area contributed by atoms with E-state index in [1.54, 1.807) is 11.3 Å². The monoisotopic (exact) mass is 235 g/mol. The summed E-state index contributed by atoms with van der Waals surface area (Å²) in [4.78, 5) is 0. The lowest BCUT2D eigenvalue weighted by molar-refractivity contribution is -0.640. The highest BCUT2D eigenvalue weighted by Crippen LogP contribution is 2.20. The van der Waals surface area contributed by atoms with Crippen molar-refractivity contribution in [3.05, 3.63) is 23.7 Å². The van der Waals surface area contributed by atoms with E-state index in [9.17, 15) is 0 Å². The molecule has 0 spiro atoms. The Kier molecular flexibility index (Phi) is 3.78. The highest BCUT2D eigenvalue weighted by atomic mass is 32.1. The first kappa shape index (κ1) is 11.4. The average molecular weight is 235 g/mol. The summed E-state index contributed by atoms with van der Waals surface area (Å²) in [5.41, 5.74) is 4.70. The van der Waals surface area contributed by atoms with Crippen LogP contribution in [-0.2, 0) is 7.05 Å². The first-order valence-corrected chi connectivity index (χ1v) is 6.80. The van der Waals surface area contributed by atoms with Crippen LogP contribution in [0.2, 0.25) is 0 Å². The maximum Gasteiger partial charge on any atom is 0.225 e. The van der Waals surface area contributed by atoms with Crippen molar-refractivity contribution in [1.29, 1.82) is 0 Å². The Morgan fingerprint density at radius 2 is 2.19 bits per heavy atom. The standard InChI is InChI=1S/C13H19N2S/c1-3-4-5-8-14-11-6-7-12-13(9-11)16-10-15(12)2/h6-7,9-10,14H,3-5,8H2,1-2H3/q+1. The SMILES string of the molecule is CCCCCNc1ccc2c(c1)sc[n+]2C. The molecule has 1 aromatic carbocycles. The van der Waals surface area contributed by atoms with Crippen molar-refractivity contribution in [2.24, 2.45) is 7.05 Å². The smallest absolute Gasteiger partial charge is 0.225 e. The molecule has 2 rings (SSSR count). The third kappa shape index (κ3) is 2.53. The summed E-state index contributed by atoms with van der Waals surface area (Å²) in [5.74, 6) is 0. The lowest BCUT2D eigenvalue weighted by Gasteiger charge is -2.04. The molecule has 0 unspecified atom stereocenters. The van der Waals surface area contributed by atoms with Crippen molar-refractivity contribution >= 4 is 27.2 Å². The number of anilines is 1. The summed E-state index contributed by atoms with van der Waals surface area (Å²) in [7, 11) is 2.09. The maximum absolute atomic E-state index is 3.48. The maximum atomic E-state index is 3.48. The van der Waals surface area contributed by atoms with Crippen LogP contribution in [0, 0.1) is 0 Å². The number of rotatable bonds is 5. The van der Waals surface area contributed by atoms with Gasteiger partial charge in [-0.25, -0.2) is 0 Å². The molecule has 1 N–H and O–H groups in total. The Morgan fingerprint density at radius 3 is 3.00 bits per heavy atom. The number of fused-ring (bicyclic) bond motifs is 1. The van der Waals surface area contributed by atoms with E-state index in [1.165, 1.54) is 35.2 Å². The normalized spacial score (nSPS) is 10.9. The summed E-state index contributed by atoms with van der Waals surface area (Å²) in [6.07, 6.45) is 3.84. The largest absolute Gasteiger partial charge is 0.385 e. The Balaban J connectivity index is 2.02. The second-order valence-electron chi connectivity index (χ2n) is 4.15. The van der Waals surface area contributed by atoms with Crippen LogP contribution in [-0.4, -0.2) is 6.54 Å². The van der Waals surface area contributed by atoms with E-state index in [-0.39, 0.29) is 0 Å². The van der Waals surface area contributed by atoms with E-state index < -0.39 is 0 Å². The van der Waals surface area contributed by atoms with Crippen LogP contribution >= 0.6 is 11.3 Å². The molecule has 1 aromatic heterocycles. The average Bonchev–Trinajstić information content (AvgIpc) is 2.66. The van der Waals surface area contributed by atoms with Crippen molar-refractivity contribution in [1.82, 2.24) is 0 Å². The van der Waals surface area contributed by atoms with Crippen molar-refractivity contribution in [3.8, 4) is 0 Å². The second-order valence-corrected chi connectivity index (χ2v) is 5.04. The zero-order valence-corrected chi connectivity index (χ0v) is 10.8. The van der Waals surface area contributed by atoms with Gasteiger partial charge in [-0.3, -0.25) is 0 Å². The van der Waals surface area contributed by atoms with E-state index in [1.807, 2.05) is 0 Å². The number of benzene rings is 1. The van der Waals surface area contributed by atoms with Gasteiger partial charge in [0.05, 0.1) is 0 Å². The number of nitrogens with one attached hydrogen (secondary N) is 1. The molecule has 0 amide bonds. The van der Waals surface area contributed by atoms with E-state index in [2.05, 4.69) is 47.6 Å². The molecule has 86 valence electrons. The molecule has 0 saturated carbocycles. The zero-order valence-electron chi connectivity index (χ0n) is 9.99. The molecule has 1 heterocycles. The van der Waals surface area contributed by atoms with Crippen LogP contribution in [0.25, 0.3) is 10.2 Å². The van der Waals surface area contributed by atoms with Crippen LogP contribution in [0.1, 0.15) is 26.2 Å². The van der Waals surface area contributed by atoms with Gasteiger partial charge in [-0.1, -0.05) is 31.1 Å². The molecular weight excluding hydrogens is 216 g/mol. The number of unbranched alkanes of at least 4 members (excludes halogenated alkanes) is 2. The van der Waals surface area contributed by atoms with Crippen molar-refractivity contribution in [2.75, 3.05) is 11.9 Å². The van der Waals surface area contributed by atoms with Gasteiger partial charge in [0.15, 0.2) is 0 Å². The Labute approximate surface area is 101 Å². The van der Waals surface area contributed by atoms with Gasteiger partial charge in [0.25, 0.3) is 0 Å². The Bertz CT molecular complexity index is 462. The number of aromatic nitrogens is 1. The van der Waals surface area contributed by atoms with Crippen LogP contribution in [0.5, 0.6) is 0 Å². The summed E-state index contributed by atoms with van der Waals surface area (Å²) < 4.78 is 3.52. The van der Waals surface area contributed by atoms with Crippen LogP contribution < -0.4 is 9.88 Å². The van der Waals surface area contributed by atoms with E-state index in [4.69, 9.17) is 0 Å².